The fraction of sp³-hybridized carbons (Fsp3) is 0.0204. The maximum atomic E-state index is 2.40. The van der Waals surface area contributed by atoms with Gasteiger partial charge in [-0.05, 0) is 117 Å². The van der Waals surface area contributed by atoms with Gasteiger partial charge in [-0.3, -0.25) is 0 Å². The molecule has 0 aliphatic heterocycles. The van der Waals surface area contributed by atoms with Crippen molar-refractivity contribution in [2.45, 2.75) is 6.92 Å². The van der Waals surface area contributed by atoms with Crippen LogP contribution in [0.5, 0.6) is 0 Å². The van der Waals surface area contributed by atoms with Crippen LogP contribution in [0.2, 0.25) is 0 Å². The molecule has 0 unspecified atom stereocenters. The lowest BCUT2D eigenvalue weighted by molar-refractivity contribution is 1.51. The van der Waals surface area contributed by atoms with Gasteiger partial charge in [-0.25, -0.2) is 0 Å². The first kappa shape index (κ1) is 27.8. The zero-order valence-corrected chi connectivity index (χ0v) is 27.2. The molecule has 228 valence electrons. The van der Waals surface area contributed by atoms with Crippen LogP contribution in [-0.4, -0.2) is 0 Å². The Hall–Kier alpha value is -6.24. The second kappa shape index (κ2) is 10.9. The molecule has 0 atom stereocenters. The van der Waals surface area contributed by atoms with Crippen molar-refractivity contribution in [2.24, 2.45) is 0 Å². The third kappa shape index (κ3) is 4.31. The van der Waals surface area contributed by atoms with Gasteiger partial charge in [0.05, 0.1) is 0 Å². The van der Waals surface area contributed by atoms with Gasteiger partial charge in [-0.15, -0.1) is 0 Å². The molecule has 0 aliphatic carbocycles. The molecule has 10 aromatic carbocycles. The standard InChI is InChI=1S/C49H32/c1-31-22-27-44-46(28-31)48(33-25-23-32(24-26-33)45-29-34-12-2-4-14-36(34)38-16-6-8-18-40(38)45)42-20-10-11-21-43(42)49(44)47-30-35-13-3-5-15-37(35)39-17-7-9-19-41(39)47/h2-30H,1H3. The molecule has 0 spiro atoms. The van der Waals surface area contributed by atoms with Crippen LogP contribution in [0.25, 0.3) is 98.0 Å². The molecule has 0 aromatic heterocycles. The highest BCUT2D eigenvalue weighted by Crippen LogP contribution is 2.47. The summed E-state index contributed by atoms with van der Waals surface area (Å²) in [5.41, 5.74) is 8.87. The lowest BCUT2D eigenvalue weighted by Gasteiger charge is -2.20. The Balaban J connectivity index is 1.24. The van der Waals surface area contributed by atoms with Crippen LogP contribution in [0.4, 0.5) is 0 Å². The summed E-state index contributed by atoms with van der Waals surface area (Å²) in [6.45, 7) is 2.21. The van der Waals surface area contributed by atoms with E-state index in [-0.39, 0.29) is 0 Å². The van der Waals surface area contributed by atoms with Crippen LogP contribution in [0, 0.1) is 6.92 Å². The molecule has 0 saturated carbocycles. The highest BCUT2D eigenvalue weighted by Gasteiger charge is 2.19. The van der Waals surface area contributed by atoms with Gasteiger partial charge in [0, 0.05) is 0 Å². The predicted octanol–water partition coefficient (Wildman–Crippen LogP) is 13.9. The van der Waals surface area contributed by atoms with Crippen LogP contribution in [0.1, 0.15) is 5.56 Å². The second-order valence-corrected chi connectivity index (χ2v) is 13.3. The Morgan fingerprint density at radius 3 is 1.31 bits per heavy atom. The Morgan fingerprint density at radius 1 is 0.265 bits per heavy atom. The number of benzene rings is 10. The van der Waals surface area contributed by atoms with E-state index in [0.717, 1.165) is 0 Å². The molecule has 0 heteroatoms. The molecule has 10 rings (SSSR count). The molecule has 0 nitrogen and oxygen atoms in total. The van der Waals surface area contributed by atoms with Crippen LogP contribution in [0.15, 0.2) is 176 Å². The summed E-state index contributed by atoms with van der Waals surface area (Å²) >= 11 is 0. The van der Waals surface area contributed by atoms with E-state index in [1.165, 1.54) is 104 Å². The van der Waals surface area contributed by atoms with Gasteiger partial charge >= 0.3 is 0 Å². The van der Waals surface area contributed by atoms with Crippen LogP contribution in [-0.2, 0) is 0 Å². The SMILES string of the molecule is Cc1ccc2c(-c3cc4ccccc4c4ccccc34)c3ccccc3c(-c3ccc(-c4cc5ccccc5c5ccccc45)cc3)c2c1. The second-order valence-electron chi connectivity index (χ2n) is 13.3. The van der Waals surface area contributed by atoms with E-state index in [1.807, 2.05) is 0 Å². The summed E-state index contributed by atoms with van der Waals surface area (Å²) in [6.07, 6.45) is 0. The molecule has 49 heavy (non-hydrogen) atoms. The Bertz CT molecular complexity index is 2930. The molecular weight excluding hydrogens is 589 g/mol. The highest BCUT2D eigenvalue weighted by molar-refractivity contribution is 6.26. The van der Waals surface area contributed by atoms with Gasteiger partial charge in [0.2, 0.25) is 0 Å². The van der Waals surface area contributed by atoms with Crippen LogP contribution < -0.4 is 0 Å². The van der Waals surface area contributed by atoms with E-state index in [1.54, 1.807) is 0 Å². The van der Waals surface area contributed by atoms with Gasteiger partial charge in [-0.1, -0.05) is 169 Å². The van der Waals surface area contributed by atoms with Crippen molar-refractivity contribution in [3.8, 4) is 33.4 Å². The largest absolute Gasteiger partial charge is 0.0616 e. The fourth-order valence-electron chi connectivity index (χ4n) is 8.26. The quantitative estimate of drug-likeness (QED) is 0.136. The molecule has 10 aromatic rings. The summed E-state index contributed by atoms with van der Waals surface area (Å²) in [6, 6.07) is 65.2. The van der Waals surface area contributed by atoms with E-state index in [9.17, 15) is 0 Å². The number of hydrogen-bond acceptors (Lipinski definition) is 0. The Kier molecular flexibility index (Phi) is 6.19. The predicted molar refractivity (Wildman–Crippen MR) is 213 cm³/mol. The first-order valence-electron chi connectivity index (χ1n) is 17.1. The average molecular weight is 621 g/mol. The first-order chi connectivity index (χ1) is 24.2. The van der Waals surface area contributed by atoms with Gasteiger partial charge in [0.1, 0.15) is 0 Å². The fourth-order valence-corrected chi connectivity index (χ4v) is 8.26. The summed E-state index contributed by atoms with van der Waals surface area (Å²) < 4.78 is 0. The van der Waals surface area contributed by atoms with Crippen molar-refractivity contribution in [3.63, 3.8) is 0 Å². The van der Waals surface area contributed by atoms with E-state index in [4.69, 9.17) is 0 Å². The minimum absolute atomic E-state index is 1.23. The van der Waals surface area contributed by atoms with Gasteiger partial charge in [-0.2, -0.15) is 0 Å². The van der Waals surface area contributed by atoms with Crippen molar-refractivity contribution in [1.82, 2.24) is 0 Å². The minimum Gasteiger partial charge on any atom is -0.0616 e. The average Bonchev–Trinajstić information content (AvgIpc) is 3.16. The lowest BCUT2D eigenvalue weighted by Crippen LogP contribution is -1.93. The number of rotatable bonds is 3. The van der Waals surface area contributed by atoms with E-state index in [2.05, 4.69) is 183 Å². The van der Waals surface area contributed by atoms with Gasteiger partial charge < -0.3 is 0 Å². The van der Waals surface area contributed by atoms with E-state index < -0.39 is 0 Å². The monoisotopic (exact) mass is 620 g/mol. The maximum Gasteiger partial charge on any atom is -0.00199 e. The van der Waals surface area contributed by atoms with Gasteiger partial charge in [0.25, 0.3) is 0 Å². The summed E-state index contributed by atoms with van der Waals surface area (Å²) in [4.78, 5) is 0. The van der Waals surface area contributed by atoms with Crippen molar-refractivity contribution in [3.05, 3.63) is 181 Å². The molecule has 0 saturated heterocycles. The third-order valence-electron chi connectivity index (χ3n) is 10.5. The zero-order valence-electron chi connectivity index (χ0n) is 27.2. The van der Waals surface area contributed by atoms with E-state index >= 15 is 0 Å². The van der Waals surface area contributed by atoms with Crippen molar-refractivity contribution < 1.29 is 0 Å². The highest BCUT2D eigenvalue weighted by atomic mass is 14.2. The first-order valence-corrected chi connectivity index (χ1v) is 17.1. The van der Waals surface area contributed by atoms with Crippen LogP contribution >= 0.6 is 0 Å². The molecule has 0 aliphatic rings. The maximum absolute atomic E-state index is 2.40. The van der Waals surface area contributed by atoms with Crippen molar-refractivity contribution in [1.29, 1.82) is 0 Å². The summed E-state index contributed by atoms with van der Waals surface area (Å²) in [5.74, 6) is 0. The number of fused-ring (bicyclic) bond motifs is 8. The van der Waals surface area contributed by atoms with Crippen LogP contribution in [0.3, 0.4) is 0 Å². The lowest BCUT2D eigenvalue weighted by atomic mass is 9.83. The van der Waals surface area contributed by atoms with E-state index in [0.29, 0.717) is 0 Å². The summed E-state index contributed by atoms with van der Waals surface area (Å²) in [7, 11) is 0. The number of aryl methyl sites for hydroxylation is 1. The van der Waals surface area contributed by atoms with Gasteiger partial charge in [0.15, 0.2) is 0 Å². The third-order valence-corrected chi connectivity index (χ3v) is 10.5. The normalized spacial score (nSPS) is 11.8. The number of hydrogen-bond donors (Lipinski definition) is 0. The molecule has 0 fully saturated rings. The zero-order chi connectivity index (χ0) is 32.5. The molecule has 0 bridgehead atoms. The summed E-state index contributed by atoms with van der Waals surface area (Å²) in [5, 5.41) is 15.4. The minimum atomic E-state index is 1.23. The molecule has 0 radical (unpaired) electrons. The smallest absolute Gasteiger partial charge is 0.00199 e. The Labute approximate surface area is 285 Å². The van der Waals surface area contributed by atoms with Crippen molar-refractivity contribution >= 4 is 64.6 Å². The molecule has 0 N–H and O–H groups in total. The topological polar surface area (TPSA) is 0 Å². The molecule has 0 heterocycles. The molecular formula is C49H32. The molecule has 0 amide bonds. The van der Waals surface area contributed by atoms with Crippen molar-refractivity contribution in [2.75, 3.05) is 0 Å². The Morgan fingerprint density at radius 2 is 0.694 bits per heavy atom.